The minimum atomic E-state index is -0.965. The van der Waals surface area contributed by atoms with Gasteiger partial charge in [-0.1, -0.05) is 18.2 Å². The molecule has 0 saturated heterocycles. The van der Waals surface area contributed by atoms with Crippen molar-refractivity contribution in [3.63, 3.8) is 0 Å². The molecular formula is C15H16FN5O. The van der Waals surface area contributed by atoms with Crippen LogP contribution in [0.2, 0.25) is 0 Å². The number of aliphatic hydroxyl groups is 1. The molecule has 0 bridgehead atoms. The van der Waals surface area contributed by atoms with E-state index in [1.807, 2.05) is 13.8 Å². The summed E-state index contributed by atoms with van der Waals surface area (Å²) in [5, 5.41) is 17.4. The highest BCUT2D eigenvalue weighted by molar-refractivity contribution is 5.52. The van der Waals surface area contributed by atoms with Crippen LogP contribution in [0.5, 0.6) is 0 Å². The van der Waals surface area contributed by atoms with Gasteiger partial charge in [0, 0.05) is 23.4 Å². The number of aromatic nitrogens is 4. The highest BCUT2D eigenvalue weighted by Crippen LogP contribution is 2.21. The van der Waals surface area contributed by atoms with Gasteiger partial charge in [-0.3, -0.25) is 0 Å². The molecule has 0 radical (unpaired) electrons. The molecule has 2 N–H and O–H groups in total. The van der Waals surface area contributed by atoms with Crippen molar-refractivity contribution in [3.8, 4) is 0 Å². The third-order valence-electron chi connectivity index (χ3n) is 3.63. The Morgan fingerprint density at radius 2 is 2.09 bits per heavy atom. The second-order valence-electron chi connectivity index (χ2n) is 5.06. The Morgan fingerprint density at radius 1 is 1.32 bits per heavy atom. The minimum absolute atomic E-state index is 0.153. The first-order valence-corrected chi connectivity index (χ1v) is 6.91. The van der Waals surface area contributed by atoms with Gasteiger partial charge in [0.15, 0.2) is 0 Å². The number of nitrogens with zero attached hydrogens (tertiary/aromatic N) is 4. The number of fused-ring (bicyclic) bond motifs is 1. The first-order chi connectivity index (χ1) is 10.6. The number of rotatable bonds is 4. The van der Waals surface area contributed by atoms with E-state index in [1.165, 1.54) is 12.4 Å². The minimum Gasteiger partial charge on any atom is -0.386 e. The smallest absolute Gasteiger partial charge is 0.254 e. The number of aliphatic hydroxyl groups excluding tert-OH is 1. The Balaban J connectivity index is 1.87. The zero-order valence-corrected chi connectivity index (χ0v) is 12.3. The van der Waals surface area contributed by atoms with E-state index >= 15 is 0 Å². The van der Waals surface area contributed by atoms with Gasteiger partial charge in [-0.15, -0.1) is 0 Å². The van der Waals surface area contributed by atoms with Crippen molar-refractivity contribution in [1.29, 1.82) is 0 Å². The molecule has 1 aromatic carbocycles. The van der Waals surface area contributed by atoms with Crippen molar-refractivity contribution < 1.29 is 9.50 Å². The van der Waals surface area contributed by atoms with E-state index in [9.17, 15) is 9.50 Å². The van der Waals surface area contributed by atoms with Gasteiger partial charge in [0.05, 0.1) is 6.10 Å². The number of nitrogens with one attached hydrogen (secondary N) is 1. The molecule has 0 amide bonds. The van der Waals surface area contributed by atoms with Crippen LogP contribution in [0.15, 0.2) is 30.6 Å². The third-order valence-corrected chi connectivity index (χ3v) is 3.63. The maximum atomic E-state index is 13.7. The van der Waals surface area contributed by atoms with Gasteiger partial charge in [-0.25, -0.2) is 9.37 Å². The molecule has 22 heavy (non-hydrogen) atoms. The van der Waals surface area contributed by atoms with Crippen molar-refractivity contribution >= 4 is 11.6 Å². The van der Waals surface area contributed by atoms with Crippen molar-refractivity contribution in [1.82, 2.24) is 19.6 Å². The van der Waals surface area contributed by atoms with Crippen LogP contribution in [-0.4, -0.2) is 31.2 Å². The number of benzene rings is 1. The summed E-state index contributed by atoms with van der Waals surface area (Å²) in [5.74, 6) is 0.742. The number of hydrogen-bond acceptors (Lipinski definition) is 5. The molecule has 2 aromatic heterocycles. The van der Waals surface area contributed by atoms with Crippen LogP contribution >= 0.6 is 0 Å². The van der Waals surface area contributed by atoms with Gasteiger partial charge in [0.2, 0.25) is 0 Å². The Morgan fingerprint density at radius 3 is 2.86 bits per heavy atom. The highest BCUT2D eigenvalue weighted by atomic mass is 19.1. The number of anilines is 1. The fourth-order valence-corrected chi connectivity index (χ4v) is 2.29. The lowest BCUT2D eigenvalue weighted by atomic mass is 10.1. The van der Waals surface area contributed by atoms with Crippen LogP contribution in [0.25, 0.3) is 5.78 Å². The molecule has 3 rings (SSSR count). The summed E-state index contributed by atoms with van der Waals surface area (Å²) in [6.07, 6.45) is 0.451. The molecule has 3 aromatic rings. The Labute approximate surface area is 126 Å². The predicted octanol–water partition coefficient (Wildman–Crippen LogP) is 2.03. The van der Waals surface area contributed by atoms with Gasteiger partial charge in [-0.05, 0) is 19.9 Å². The van der Waals surface area contributed by atoms with Crippen molar-refractivity contribution in [2.45, 2.75) is 20.0 Å². The summed E-state index contributed by atoms with van der Waals surface area (Å²) in [6.45, 7) is 3.93. The highest BCUT2D eigenvalue weighted by Gasteiger charge is 2.15. The van der Waals surface area contributed by atoms with Crippen molar-refractivity contribution in [2.24, 2.45) is 0 Å². The monoisotopic (exact) mass is 301 g/mol. The molecule has 1 unspecified atom stereocenters. The predicted molar refractivity (Wildman–Crippen MR) is 80.1 cm³/mol. The molecule has 0 aliphatic carbocycles. The van der Waals surface area contributed by atoms with E-state index in [2.05, 4.69) is 20.4 Å². The summed E-state index contributed by atoms with van der Waals surface area (Å²) in [7, 11) is 0. The summed E-state index contributed by atoms with van der Waals surface area (Å²) >= 11 is 0. The van der Waals surface area contributed by atoms with Crippen LogP contribution in [0, 0.1) is 19.7 Å². The van der Waals surface area contributed by atoms with Gasteiger partial charge >= 0.3 is 0 Å². The Bertz CT molecular complexity index is 817. The van der Waals surface area contributed by atoms with Crippen LogP contribution in [0.4, 0.5) is 10.2 Å². The Hall–Kier alpha value is -2.54. The zero-order chi connectivity index (χ0) is 15.7. The summed E-state index contributed by atoms with van der Waals surface area (Å²) in [6, 6.07) is 6.18. The first kappa shape index (κ1) is 14.4. The molecule has 1 atom stereocenters. The number of hydrogen-bond donors (Lipinski definition) is 2. The second-order valence-corrected chi connectivity index (χ2v) is 5.06. The fourth-order valence-electron chi connectivity index (χ4n) is 2.29. The van der Waals surface area contributed by atoms with Crippen molar-refractivity contribution in [2.75, 3.05) is 11.9 Å². The Kier molecular flexibility index (Phi) is 3.72. The second kappa shape index (κ2) is 5.69. The van der Waals surface area contributed by atoms with Gasteiger partial charge < -0.3 is 10.4 Å². The molecule has 0 aliphatic heterocycles. The zero-order valence-electron chi connectivity index (χ0n) is 12.3. The lowest BCUT2D eigenvalue weighted by Crippen LogP contribution is -2.17. The molecule has 0 spiro atoms. The maximum Gasteiger partial charge on any atom is 0.254 e. The SMILES string of the molecule is Cc1nc2ncnn2c(NCC(O)c2ccccc2F)c1C. The normalized spacial score (nSPS) is 12.5. The van der Waals surface area contributed by atoms with Gasteiger partial charge in [0.1, 0.15) is 18.0 Å². The molecule has 6 nitrogen and oxygen atoms in total. The topological polar surface area (TPSA) is 75.3 Å². The molecule has 0 saturated carbocycles. The van der Waals surface area contributed by atoms with Crippen LogP contribution in [0.1, 0.15) is 22.9 Å². The number of halogens is 1. The average Bonchev–Trinajstić information content (AvgIpc) is 2.95. The standard InChI is InChI=1S/C15H16FN5O/c1-9-10(2)20-15-18-8-19-21(15)14(9)17-7-13(22)11-5-3-4-6-12(11)16/h3-6,8,13,17,22H,7H2,1-2H3. The van der Waals surface area contributed by atoms with E-state index in [4.69, 9.17) is 0 Å². The summed E-state index contributed by atoms with van der Waals surface area (Å²) in [4.78, 5) is 8.38. The quantitative estimate of drug-likeness (QED) is 0.771. The number of aryl methyl sites for hydroxylation is 1. The van der Waals surface area contributed by atoms with Crippen molar-refractivity contribution in [3.05, 3.63) is 53.2 Å². The maximum absolute atomic E-state index is 13.7. The largest absolute Gasteiger partial charge is 0.386 e. The summed E-state index contributed by atoms with van der Waals surface area (Å²) in [5.41, 5.74) is 1.98. The van der Waals surface area contributed by atoms with E-state index in [0.717, 1.165) is 11.3 Å². The van der Waals surface area contributed by atoms with Gasteiger partial charge in [-0.2, -0.15) is 14.6 Å². The third kappa shape index (κ3) is 2.50. The molecule has 0 aliphatic rings. The van der Waals surface area contributed by atoms with E-state index in [0.29, 0.717) is 11.6 Å². The molecule has 7 heteroatoms. The van der Waals surface area contributed by atoms with Gasteiger partial charge in [0.25, 0.3) is 5.78 Å². The van der Waals surface area contributed by atoms with Crippen LogP contribution in [-0.2, 0) is 0 Å². The van der Waals surface area contributed by atoms with E-state index in [-0.39, 0.29) is 12.1 Å². The van der Waals surface area contributed by atoms with Crippen LogP contribution in [0.3, 0.4) is 0 Å². The van der Waals surface area contributed by atoms with E-state index < -0.39 is 11.9 Å². The summed E-state index contributed by atoms with van der Waals surface area (Å²) < 4.78 is 15.3. The molecule has 114 valence electrons. The lowest BCUT2D eigenvalue weighted by Gasteiger charge is -2.16. The first-order valence-electron chi connectivity index (χ1n) is 6.91. The molecular weight excluding hydrogens is 285 g/mol. The molecule has 2 heterocycles. The average molecular weight is 301 g/mol. The van der Waals surface area contributed by atoms with Crippen LogP contribution < -0.4 is 5.32 Å². The van der Waals surface area contributed by atoms with E-state index in [1.54, 1.807) is 22.7 Å². The molecule has 0 fully saturated rings. The lowest BCUT2D eigenvalue weighted by molar-refractivity contribution is 0.186. The fraction of sp³-hybridized carbons (Fsp3) is 0.267.